The molecule has 2 heterocycles. The van der Waals surface area contributed by atoms with E-state index in [1.807, 2.05) is 6.20 Å². The van der Waals surface area contributed by atoms with Gasteiger partial charge < -0.3 is 5.73 Å². The van der Waals surface area contributed by atoms with Crippen LogP contribution in [0.4, 0.5) is 0 Å². The second kappa shape index (κ2) is 3.64. The third-order valence-electron chi connectivity index (χ3n) is 2.87. The molecule has 1 aliphatic rings. The van der Waals surface area contributed by atoms with E-state index >= 15 is 0 Å². The predicted octanol–water partition coefficient (Wildman–Crippen LogP) is 0.598. The van der Waals surface area contributed by atoms with Gasteiger partial charge in [-0.15, -0.1) is 0 Å². The van der Waals surface area contributed by atoms with Crippen LogP contribution in [0.2, 0.25) is 0 Å². The van der Waals surface area contributed by atoms with Gasteiger partial charge in [0.05, 0.1) is 6.20 Å². The summed E-state index contributed by atoms with van der Waals surface area (Å²) in [5.74, 6) is 0.613. The summed E-state index contributed by atoms with van der Waals surface area (Å²) in [5.41, 5.74) is 8.79. The monoisotopic (exact) mass is 216 g/mol. The fourth-order valence-corrected chi connectivity index (χ4v) is 2.01. The van der Waals surface area contributed by atoms with E-state index in [1.54, 1.807) is 6.20 Å². The van der Waals surface area contributed by atoms with Gasteiger partial charge in [0.2, 0.25) is 0 Å². The average molecular weight is 216 g/mol. The van der Waals surface area contributed by atoms with Crippen LogP contribution in [0.25, 0.3) is 11.5 Å². The highest BCUT2D eigenvalue weighted by Crippen LogP contribution is 2.26. The molecule has 0 amide bonds. The zero-order valence-electron chi connectivity index (χ0n) is 8.72. The number of fused-ring (bicyclic) bond motifs is 1. The van der Waals surface area contributed by atoms with Gasteiger partial charge in [0.25, 0.3) is 0 Å². The van der Waals surface area contributed by atoms with E-state index in [4.69, 9.17) is 5.73 Å². The molecule has 0 aliphatic heterocycles. The summed E-state index contributed by atoms with van der Waals surface area (Å²) in [7, 11) is 0. The normalized spacial score (nSPS) is 19.4. The van der Waals surface area contributed by atoms with Crippen molar-refractivity contribution in [1.29, 1.82) is 0 Å². The lowest BCUT2D eigenvalue weighted by Gasteiger charge is -2.20. The molecule has 0 aromatic carbocycles. The van der Waals surface area contributed by atoms with Crippen molar-refractivity contribution in [3.63, 3.8) is 0 Å². The topological polar surface area (TPSA) is 93.4 Å². The van der Waals surface area contributed by atoms with E-state index in [0.29, 0.717) is 11.5 Å². The lowest BCUT2D eigenvalue weighted by atomic mass is 9.93. The Kier molecular flexibility index (Phi) is 2.14. The number of H-pyrrole nitrogens is 1. The quantitative estimate of drug-likeness (QED) is 0.728. The second-order valence-corrected chi connectivity index (χ2v) is 3.95. The minimum Gasteiger partial charge on any atom is -0.324 e. The number of nitrogens with zero attached hydrogens (tertiary/aromatic N) is 4. The molecular weight excluding hydrogens is 204 g/mol. The van der Waals surface area contributed by atoms with Crippen LogP contribution in [0.5, 0.6) is 0 Å². The molecule has 1 unspecified atom stereocenters. The van der Waals surface area contributed by atoms with E-state index in [9.17, 15) is 0 Å². The summed E-state index contributed by atoms with van der Waals surface area (Å²) < 4.78 is 0. The molecule has 0 saturated heterocycles. The summed E-state index contributed by atoms with van der Waals surface area (Å²) in [6.45, 7) is 0. The van der Waals surface area contributed by atoms with Crippen LogP contribution >= 0.6 is 0 Å². The first-order valence-corrected chi connectivity index (χ1v) is 5.32. The van der Waals surface area contributed by atoms with Crippen LogP contribution in [0, 0.1) is 0 Å². The highest BCUT2D eigenvalue weighted by molar-refractivity contribution is 5.47. The van der Waals surface area contributed by atoms with E-state index < -0.39 is 0 Å². The van der Waals surface area contributed by atoms with E-state index in [0.717, 1.165) is 30.5 Å². The van der Waals surface area contributed by atoms with Crippen molar-refractivity contribution in [2.24, 2.45) is 5.73 Å². The number of aromatic nitrogens is 5. The Labute approximate surface area is 92.3 Å². The number of hydrogen-bond donors (Lipinski definition) is 2. The largest absolute Gasteiger partial charge is 0.324 e. The zero-order chi connectivity index (χ0) is 11.0. The number of rotatable bonds is 1. The van der Waals surface area contributed by atoms with Crippen molar-refractivity contribution in [3.8, 4) is 11.5 Å². The van der Waals surface area contributed by atoms with Gasteiger partial charge in [0.1, 0.15) is 5.69 Å². The smallest absolute Gasteiger partial charge is 0.181 e. The zero-order valence-corrected chi connectivity index (χ0v) is 8.72. The lowest BCUT2D eigenvalue weighted by molar-refractivity contribution is 0.557. The molecule has 2 aromatic heterocycles. The fourth-order valence-electron chi connectivity index (χ4n) is 2.01. The number of hydrogen-bond acceptors (Lipinski definition) is 5. The Bertz CT molecular complexity index is 492. The first-order valence-electron chi connectivity index (χ1n) is 5.32. The molecule has 2 aromatic rings. The first-order chi connectivity index (χ1) is 7.84. The van der Waals surface area contributed by atoms with E-state index in [-0.39, 0.29) is 6.04 Å². The second-order valence-electron chi connectivity index (χ2n) is 3.95. The van der Waals surface area contributed by atoms with Crippen molar-refractivity contribution >= 4 is 0 Å². The fraction of sp³-hybridized carbons (Fsp3) is 0.400. The summed E-state index contributed by atoms with van der Waals surface area (Å²) in [5, 5.41) is 10.3. The molecule has 6 heteroatoms. The molecular formula is C10H12N6. The Hall–Kier alpha value is -1.82. The van der Waals surface area contributed by atoms with Crippen LogP contribution in [-0.2, 0) is 6.42 Å². The number of nitrogens with one attached hydrogen (secondary N) is 1. The minimum absolute atomic E-state index is 0.0788. The SMILES string of the molecule is NC1CCCc2nc(-c3cn[nH]n3)ncc21. The number of aryl methyl sites for hydroxylation is 1. The van der Waals surface area contributed by atoms with Crippen LogP contribution in [0.1, 0.15) is 30.1 Å². The Morgan fingerprint density at radius 3 is 3.12 bits per heavy atom. The van der Waals surface area contributed by atoms with Gasteiger partial charge in [0.15, 0.2) is 5.82 Å². The maximum atomic E-state index is 6.00. The maximum absolute atomic E-state index is 6.00. The molecule has 3 rings (SSSR count). The number of aromatic amines is 1. The molecule has 1 aliphatic carbocycles. The van der Waals surface area contributed by atoms with Crippen molar-refractivity contribution < 1.29 is 0 Å². The molecule has 82 valence electrons. The average Bonchev–Trinajstić information content (AvgIpc) is 2.82. The van der Waals surface area contributed by atoms with Crippen molar-refractivity contribution in [2.75, 3.05) is 0 Å². The molecule has 6 nitrogen and oxygen atoms in total. The maximum Gasteiger partial charge on any atom is 0.181 e. The Balaban J connectivity index is 2.05. The van der Waals surface area contributed by atoms with Crippen LogP contribution in [0.3, 0.4) is 0 Å². The van der Waals surface area contributed by atoms with Gasteiger partial charge in [-0.25, -0.2) is 9.97 Å². The van der Waals surface area contributed by atoms with Crippen molar-refractivity contribution in [1.82, 2.24) is 25.4 Å². The van der Waals surface area contributed by atoms with Gasteiger partial charge in [-0.3, -0.25) is 0 Å². The number of nitrogens with two attached hydrogens (primary N) is 1. The molecule has 0 saturated carbocycles. The van der Waals surface area contributed by atoms with Gasteiger partial charge in [-0.2, -0.15) is 15.4 Å². The summed E-state index contributed by atoms with van der Waals surface area (Å²) in [6, 6.07) is 0.0788. The van der Waals surface area contributed by atoms with E-state index in [2.05, 4.69) is 25.4 Å². The Morgan fingerprint density at radius 1 is 1.38 bits per heavy atom. The molecule has 16 heavy (non-hydrogen) atoms. The molecule has 1 atom stereocenters. The molecule has 0 bridgehead atoms. The van der Waals surface area contributed by atoms with E-state index in [1.165, 1.54) is 0 Å². The first kappa shape index (κ1) is 9.41. The van der Waals surface area contributed by atoms with Crippen molar-refractivity contribution in [3.05, 3.63) is 23.7 Å². The van der Waals surface area contributed by atoms with Gasteiger partial charge >= 0.3 is 0 Å². The van der Waals surface area contributed by atoms with Gasteiger partial charge in [-0.05, 0) is 19.3 Å². The summed E-state index contributed by atoms with van der Waals surface area (Å²) in [6.07, 6.45) is 6.50. The third kappa shape index (κ3) is 1.47. The van der Waals surface area contributed by atoms with Crippen LogP contribution < -0.4 is 5.73 Å². The third-order valence-corrected chi connectivity index (χ3v) is 2.87. The Morgan fingerprint density at radius 2 is 2.31 bits per heavy atom. The molecule has 0 spiro atoms. The van der Waals surface area contributed by atoms with Crippen molar-refractivity contribution in [2.45, 2.75) is 25.3 Å². The predicted molar refractivity (Wildman–Crippen MR) is 57.3 cm³/mol. The van der Waals surface area contributed by atoms with Crippen LogP contribution in [-0.4, -0.2) is 25.4 Å². The summed E-state index contributed by atoms with van der Waals surface area (Å²) in [4.78, 5) is 8.76. The minimum atomic E-state index is 0.0788. The van der Waals surface area contributed by atoms with Gasteiger partial charge in [0, 0.05) is 23.5 Å². The molecule has 3 N–H and O–H groups in total. The standard InChI is InChI=1S/C10H12N6/c11-7-2-1-3-8-6(7)4-12-10(14-8)9-5-13-16-15-9/h4-5,7H,1-3,11H2,(H,13,15,16). The lowest BCUT2D eigenvalue weighted by Crippen LogP contribution is -2.19. The highest BCUT2D eigenvalue weighted by atomic mass is 15.3. The summed E-state index contributed by atoms with van der Waals surface area (Å²) >= 11 is 0. The van der Waals surface area contributed by atoms with Gasteiger partial charge in [-0.1, -0.05) is 0 Å². The molecule has 0 radical (unpaired) electrons. The highest BCUT2D eigenvalue weighted by Gasteiger charge is 2.19. The van der Waals surface area contributed by atoms with Crippen LogP contribution in [0.15, 0.2) is 12.4 Å². The molecule has 0 fully saturated rings.